The van der Waals surface area contributed by atoms with Crippen molar-refractivity contribution in [1.82, 2.24) is 10.2 Å². The summed E-state index contributed by atoms with van der Waals surface area (Å²) in [6, 6.07) is 26.1. The molecule has 0 bridgehead atoms. The van der Waals surface area contributed by atoms with Crippen LogP contribution >= 0.6 is 0 Å². The molecule has 1 atom stereocenters. The normalized spacial score (nSPS) is 15.0. The van der Waals surface area contributed by atoms with Crippen LogP contribution in [0.2, 0.25) is 0 Å². The van der Waals surface area contributed by atoms with Gasteiger partial charge >= 0.3 is 6.18 Å². The van der Waals surface area contributed by atoms with E-state index in [2.05, 4.69) is 10.6 Å². The van der Waals surface area contributed by atoms with Gasteiger partial charge in [0.2, 0.25) is 0 Å². The highest BCUT2D eigenvalue weighted by molar-refractivity contribution is 5.98. The van der Waals surface area contributed by atoms with Gasteiger partial charge in [-0.05, 0) is 72.0 Å². The lowest BCUT2D eigenvalue weighted by Crippen LogP contribution is -2.54. The van der Waals surface area contributed by atoms with E-state index < -0.39 is 34.9 Å². The zero-order valence-corrected chi connectivity index (χ0v) is 25.7. The third-order valence-corrected chi connectivity index (χ3v) is 8.60. The van der Waals surface area contributed by atoms with Gasteiger partial charge in [0.25, 0.3) is 17.7 Å². The number of likely N-dealkylation sites (tertiary alicyclic amines) is 1. The van der Waals surface area contributed by atoms with Crippen molar-refractivity contribution in [2.24, 2.45) is 5.92 Å². The predicted molar refractivity (Wildman–Crippen MR) is 173 cm³/mol. The topological polar surface area (TPSA) is 125 Å². The Hall–Kier alpha value is -5.16. The average molecular weight is 645 g/mol. The highest BCUT2D eigenvalue weighted by Crippen LogP contribution is 2.37. The second kappa shape index (κ2) is 13.7. The molecule has 0 aliphatic carbocycles. The fourth-order valence-electron chi connectivity index (χ4n) is 5.98. The van der Waals surface area contributed by atoms with Gasteiger partial charge < -0.3 is 26.4 Å². The molecule has 5 rings (SSSR count). The van der Waals surface area contributed by atoms with Crippen LogP contribution in [0.5, 0.6) is 0 Å². The van der Waals surface area contributed by atoms with Crippen LogP contribution in [0.25, 0.3) is 11.1 Å². The van der Waals surface area contributed by atoms with Crippen LogP contribution in [0, 0.1) is 5.92 Å². The van der Waals surface area contributed by atoms with Gasteiger partial charge in [-0.15, -0.1) is 0 Å². The maximum atomic E-state index is 13.9. The molecule has 5 N–H and O–H groups in total. The third kappa shape index (κ3) is 7.47. The number of nitrogens with two attached hydrogens (primary N) is 1. The molecule has 4 aromatic rings. The molecule has 1 heterocycles. The van der Waals surface area contributed by atoms with Crippen LogP contribution in [0.15, 0.2) is 97.1 Å². The summed E-state index contributed by atoms with van der Waals surface area (Å²) < 4.78 is 40.7. The first-order chi connectivity index (χ1) is 22.4. The van der Waals surface area contributed by atoms with Crippen LogP contribution in [0.3, 0.4) is 0 Å². The zero-order valence-electron chi connectivity index (χ0n) is 25.7. The molecule has 3 amide bonds. The van der Waals surface area contributed by atoms with Crippen molar-refractivity contribution in [3.63, 3.8) is 0 Å². The second-order valence-electron chi connectivity index (χ2n) is 11.6. The molecule has 1 unspecified atom stereocenters. The summed E-state index contributed by atoms with van der Waals surface area (Å²) in [6.45, 7) is 0.567. The Morgan fingerprint density at radius 2 is 1.53 bits per heavy atom. The first-order valence-electron chi connectivity index (χ1n) is 15.2. The quantitative estimate of drug-likeness (QED) is 0.181. The van der Waals surface area contributed by atoms with E-state index in [9.17, 15) is 32.7 Å². The summed E-state index contributed by atoms with van der Waals surface area (Å²) in [4.78, 5) is 40.6. The highest BCUT2D eigenvalue weighted by atomic mass is 19.4. The van der Waals surface area contributed by atoms with Crippen molar-refractivity contribution < 1.29 is 32.7 Å². The summed E-state index contributed by atoms with van der Waals surface area (Å²) >= 11 is 0. The highest BCUT2D eigenvalue weighted by Gasteiger charge is 2.46. The van der Waals surface area contributed by atoms with E-state index in [0.717, 1.165) is 23.3 Å². The molecule has 1 fully saturated rings. The first-order valence-corrected chi connectivity index (χ1v) is 15.2. The van der Waals surface area contributed by atoms with E-state index in [0.29, 0.717) is 29.5 Å². The van der Waals surface area contributed by atoms with Gasteiger partial charge in [-0.3, -0.25) is 14.4 Å². The predicted octanol–water partition coefficient (Wildman–Crippen LogP) is 5.78. The number of benzene rings is 4. The average Bonchev–Trinajstić information content (AvgIpc) is 3.08. The molecule has 1 aliphatic rings. The minimum absolute atomic E-state index is 0.138. The number of hydrogen-bond acceptors (Lipinski definition) is 5. The number of hydrogen-bond donors (Lipinski definition) is 4. The lowest BCUT2D eigenvalue weighted by Gasteiger charge is -2.40. The summed E-state index contributed by atoms with van der Waals surface area (Å²) in [7, 11) is 1.55. The van der Waals surface area contributed by atoms with Crippen molar-refractivity contribution >= 4 is 29.1 Å². The molecule has 4 aromatic carbocycles. The van der Waals surface area contributed by atoms with E-state index in [4.69, 9.17) is 5.73 Å². The first kappa shape index (κ1) is 33.2. The molecule has 47 heavy (non-hydrogen) atoms. The van der Waals surface area contributed by atoms with Crippen molar-refractivity contribution in [3.05, 3.63) is 119 Å². The van der Waals surface area contributed by atoms with Crippen LogP contribution in [0.1, 0.15) is 44.7 Å². The van der Waals surface area contributed by atoms with Crippen LogP contribution in [-0.2, 0) is 17.4 Å². The summed E-state index contributed by atoms with van der Waals surface area (Å²) in [5.41, 5.74) is 5.00. The molecule has 0 aromatic heterocycles. The Balaban J connectivity index is 1.42. The number of alkyl halides is 3. The zero-order chi connectivity index (χ0) is 33.8. The Morgan fingerprint density at radius 3 is 2.17 bits per heavy atom. The Bertz CT molecular complexity index is 1750. The SMILES string of the molecule is CNC(=O)c1ccc(-c2cccc(CC(O)(C(=O)Nc3ccc(N)c(C(F)(F)F)c3)C3CCN(C(=O)c4ccccc4)CC3)c2)cc1. The summed E-state index contributed by atoms with van der Waals surface area (Å²) in [5, 5.41) is 17.3. The molecule has 0 radical (unpaired) electrons. The number of nitrogen functional groups attached to an aromatic ring is 1. The molecule has 0 spiro atoms. The molecule has 8 nitrogen and oxygen atoms in total. The number of nitrogens with one attached hydrogen (secondary N) is 2. The van der Waals surface area contributed by atoms with Crippen molar-refractivity contribution in [2.75, 3.05) is 31.2 Å². The van der Waals surface area contributed by atoms with Crippen molar-refractivity contribution in [1.29, 1.82) is 0 Å². The van der Waals surface area contributed by atoms with E-state index in [1.807, 2.05) is 18.2 Å². The molecule has 1 saturated heterocycles. The van der Waals surface area contributed by atoms with Crippen LogP contribution in [-0.4, -0.2) is 53.5 Å². The van der Waals surface area contributed by atoms with Gasteiger partial charge in [0.05, 0.1) is 5.56 Å². The van der Waals surface area contributed by atoms with Gasteiger partial charge in [-0.2, -0.15) is 13.2 Å². The largest absolute Gasteiger partial charge is 0.418 e. The number of amides is 3. The fraction of sp³-hybridized carbons (Fsp3) is 0.250. The summed E-state index contributed by atoms with van der Waals surface area (Å²) in [5.74, 6) is -1.85. The minimum Gasteiger partial charge on any atom is -0.398 e. The standard InChI is InChI=1S/C36H35F3N4O4/c1-41-32(44)25-12-10-24(11-13-25)27-9-5-6-23(20-27)22-35(47,34(46)42-29-14-15-31(40)30(21-29)36(37,38)39)28-16-18-43(19-17-28)33(45)26-7-3-2-4-8-26/h2-15,20-21,28,47H,16-19,22,40H2,1H3,(H,41,44)(H,42,46). The molecular formula is C36H35F3N4O4. The molecule has 1 aliphatic heterocycles. The number of anilines is 2. The van der Waals surface area contributed by atoms with Crippen molar-refractivity contribution in [2.45, 2.75) is 31.0 Å². The fourth-order valence-corrected chi connectivity index (χ4v) is 5.98. The second-order valence-corrected chi connectivity index (χ2v) is 11.6. The number of aliphatic hydroxyl groups is 1. The number of halogens is 3. The van der Waals surface area contributed by atoms with Gasteiger partial charge in [0.1, 0.15) is 5.60 Å². The Labute approximate surface area is 270 Å². The number of rotatable bonds is 8. The van der Waals surface area contributed by atoms with Gasteiger partial charge in [0.15, 0.2) is 0 Å². The molecular weight excluding hydrogens is 609 g/mol. The van der Waals surface area contributed by atoms with Crippen molar-refractivity contribution in [3.8, 4) is 11.1 Å². The van der Waals surface area contributed by atoms with Crippen LogP contribution in [0.4, 0.5) is 24.5 Å². The number of piperidine rings is 1. The number of carbonyl (C=O) groups is 3. The molecule has 11 heteroatoms. The van der Waals surface area contributed by atoms with E-state index in [1.165, 1.54) is 6.07 Å². The molecule has 0 saturated carbocycles. The van der Waals surface area contributed by atoms with Gasteiger partial charge in [-0.25, -0.2) is 0 Å². The monoisotopic (exact) mass is 644 g/mol. The lowest BCUT2D eigenvalue weighted by atomic mass is 9.75. The van der Waals surface area contributed by atoms with E-state index in [1.54, 1.807) is 72.6 Å². The number of carbonyl (C=O) groups excluding carboxylic acids is 3. The Morgan fingerprint density at radius 1 is 0.851 bits per heavy atom. The summed E-state index contributed by atoms with van der Waals surface area (Å²) in [6.07, 6.45) is -4.29. The van der Waals surface area contributed by atoms with E-state index in [-0.39, 0.29) is 37.0 Å². The third-order valence-electron chi connectivity index (χ3n) is 8.60. The maximum Gasteiger partial charge on any atom is 0.418 e. The van der Waals surface area contributed by atoms with Gasteiger partial charge in [-0.1, -0.05) is 54.6 Å². The molecule has 244 valence electrons. The maximum absolute atomic E-state index is 13.9. The smallest absolute Gasteiger partial charge is 0.398 e. The van der Waals surface area contributed by atoms with E-state index >= 15 is 0 Å². The lowest BCUT2D eigenvalue weighted by molar-refractivity contribution is -0.142. The Kier molecular flexibility index (Phi) is 9.67. The van der Waals surface area contributed by atoms with Gasteiger partial charge in [0, 0.05) is 55.0 Å². The number of nitrogens with zero attached hydrogens (tertiary/aromatic N) is 1. The van der Waals surface area contributed by atoms with Crippen LogP contribution < -0.4 is 16.4 Å². The minimum atomic E-state index is -4.74.